The topological polar surface area (TPSA) is 21.6 Å². The summed E-state index contributed by atoms with van der Waals surface area (Å²) in [4.78, 5) is 4.59. The highest BCUT2D eigenvalue weighted by atomic mass is 16.5. The Morgan fingerprint density at radius 3 is 1.43 bits per heavy atom. The standard InChI is InChI=1S/C12H21N.C11H20.C10H18.C8H16O.C7H14.CH4/c1-9-8-13-10(11(2,3)4)7-12(9,5)6;1-9-5-7-10(8-6-9)11(2,3)4;1-8-5-6-9(7-8)10(2,3)4;1-7(6-9-5)8(2,3)4;1-6(2)7(3,4)5;/h1,7-8H2,2-6H3;7,9H,5-6,8H2,1-4H3;6,8H,5,7H2,1-4H3;1,6H2,2-5H3;1H2,2-5H3;1H4. The zero-order valence-corrected chi connectivity index (χ0v) is 37.9. The molecule has 0 amide bonds. The van der Waals surface area contributed by atoms with Crippen molar-refractivity contribution in [2.24, 2.45) is 49.3 Å². The molecule has 3 rings (SSSR count). The van der Waals surface area contributed by atoms with Gasteiger partial charge in [-0.05, 0) is 95.3 Å². The minimum atomic E-state index is 0. The van der Waals surface area contributed by atoms with Crippen molar-refractivity contribution in [3.63, 3.8) is 0 Å². The lowest BCUT2D eigenvalue weighted by Crippen LogP contribution is -2.32. The fourth-order valence-corrected chi connectivity index (χ4v) is 5.04. The van der Waals surface area contributed by atoms with Gasteiger partial charge in [-0.15, -0.1) is 0 Å². The van der Waals surface area contributed by atoms with Crippen molar-refractivity contribution in [1.82, 2.24) is 0 Å². The molecule has 0 saturated carbocycles. The van der Waals surface area contributed by atoms with Crippen LogP contribution in [-0.2, 0) is 4.74 Å². The van der Waals surface area contributed by atoms with Crippen molar-refractivity contribution in [1.29, 1.82) is 0 Å². The molecule has 0 aromatic carbocycles. The molecule has 0 N–H and O–H groups in total. The van der Waals surface area contributed by atoms with E-state index >= 15 is 0 Å². The number of aliphatic imine (C=N–C) groups is 1. The van der Waals surface area contributed by atoms with Gasteiger partial charge in [-0.3, -0.25) is 4.99 Å². The first kappa shape index (κ1) is 53.7. The maximum absolute atomic E-state index is 4.93. The van der Waals surface area contributed by atoms with E-state index < -0.39 is 0 Å². The lowest BCUT2D eigenvalue weighted by Gasteiger charge is -2.36. The Morgan fingerprint density at radius 1 is 0.765 bits per heavy atom. The summed E-state index contributed by atoms with van der Waals surface area (Å²) in [5.41, 5.74) is 10.1. The fourth-order valence-electron chi connectivity index (χ4n) is 5.04. The van der Waals surface area contributed by atoms with Gasteiger partial charge >= 0.3 is 0 Å². The van der Waals surface area contributed by atoms with Crippen LogP contribution in [0.3, 0.4) is 0 Å². The first-order chi connectivity index (χ1) is 22.2. The molecule has 0 saturated heterocycles. The number of methoxy groups -OCH3 is 1. The smallest absolute Gasteiger partial charge is 0.0675 e. The van der Waals surface area contributed by atoms with Crippen LogP contribution >= 0.6 is 0 Å². The Morgan fingerprint density at radius 2 is 1.20 bits per heavy atom. The van der Waals surface area contributed by atoms with E-state index in [1.165, 1.54) is 49.0 Å². The van der Waals surface area contributed by atoms with Gasteiger partial charge in [0.15, 0.2) is 0 Å². The van der Waals surface area contributed by atoms with Gasteiger partial charge in [0.05, 0.1) is 13.2 Å². The largest absolute Gasteiger partial charge is 0.380 e. The van der Waals surface area contributed by atoms with Crippen LogP contribution in [0.15, 0.2) is 64.7 Å². The molecule has 0 radical (unpaired) electrons. The van der Waals surface area contributed by atoms with Crippen molar-refractivity contribution in [2.45, 2.75) is 184 Å². The van der Waals surface area contributed by atoms with Gasteiger partial charge in [-0.2, -0.15) is 0 Å². The highest BCUT2D eigenvalue weighted by Crippen LogP contribution is 2.38. The van der Waals surface area contributed by atoms with Crippen LogP contribution in [0.2, 0.25) is 0 Å². The van der Waals surface area contributed by atoms with Gasteiger partial charge in [0.1, 0.15) is 0 Å². The van der Waals surface area contributed by atoms with Crippen LogP contribution in [-0.4, -0.2) is 26.0 Å². The molecule has 0 bridgehead atoms. The van der Waals surface area contributed by atoms with Crippen LogP contribution in [0, 0.1) is 44.3 Å². The van der Waals surface area contributed by atoms with Crippen LogP contribution in [0.25, 0.3) is 0 Å². The number of hydrogen-bond donors (Lipinski definition) is 0. The highest BCUT2D eigenvalue weighted by Gasteiger charge is 2.32. The normalized spacial score (nSPS) is 20.4. The highest BCUT2D eigenvalue weighted by molar-refractivity contribution is 5.91. The molecule has 0 aromatic rings. The number of nitrogens with zero attached hydrogens (tertiary/aromatic N) is 1. The average Bonchev–Trinajstić information content (AvgIpc) is 3.37. The molecule has 2 nitrogen and oxygen atoms in total. The second-order valence-corrected chi connectivity index (χ2v) is 21.4. The maximum Gasteiger partial charge on any atom is 0.0675 e. The molecule has 0 aromatic heterocycles. The summed E-state index contributed by atoms with van der Waals surface area (Å²) < 4.78 is 4.93. The molecule has 0 fully saturated rings. The van der Waals surface area contributed by atoms with E-state index in [1.54, 1.807) is 18.3 Å². The summed E-state index contributed by atoms with van der Waals surface area (Å²) in [5.74, 6) is 1.82. The minimum Gasteiger partial charge on any atom is -0.380 e. The lowest BCUT2D eigenvalue weighted by atomic mass is 9.72. The molecule has 1 heterocycles. The van der Waals surface area contributed by atoms with E-state index in [1.807, 2.05) is 0 Å². The Kier molecular flexibility index (Phi) is 23.0. The predicted molar refractivity (Wildman–Crippen MR) is 237 cm³/mol. The Hall–Kier alpha value is -1.67. The molecule has 2 atom stereocenters. The van der Waals surface area contributed by atoms with Crippen molar-refractivity contribution in [3.8, 4) is 0 Å². The quantitative estimate of drug-likeness (QED) is 0.261. The summed E-state index contributed by atoms with van der Waals surface area (Å²) >= 11 is 0. The van der Waals surface area contributed by atoms with Crippen molar-refractivity contribution < 1.29 is 4.74 Å². The SMILES string of the molecule is C.C=C(C)C(C)(C)C.C=C(COC)C(C)(C)C.C=C1CN=C(C(C)(C)C)CC1(C)C.CC1CC=C(C(C)(C)C)C1.CC1CC=C(C(C)(C)C)CC1. The van der Waals surface area contributed by atoms with Gasteiger partial charge in [0.2, 0.25) is 0 Å². The average molecular weight is 712 g/mol. The van der Waals surface area contributed by atoms with Crippen molar-refractivity contribution in [3.05, 3.63) is 59.8 Å². The summed E-state index contributed by atoms with van der Waals surface area (Å²) in [6.07, 6.45) is 12.6. The first-order valence-corrected chi connectivity index (χ1v) is 19.6. The van der Waals surface area contributed by atoms with Gasteiger partial charge in [0, 0.05) is 12.8 Å². The van der Waals surface area contributed by atoms with Crippen molar-refractivity contribution >= 4 is 5.71 Å². The predicted octanol–water partition coefficient (Wildman–Crippen LogP) is 16.1. The lowest BCUT2D eigenvalue weighted by molar-refractivity contribution is 0.208. The van der Waals surface area contributed by atoms with Gasteiger partial charge in [0.25, 0.3) is 0 Å². The molecule has 1 aliphatic heterocycles. The first-order valence-electron chi connectivity index (χ1n) is 19.6. The van der Waals surface area contributed by atoms with Gasteiger partial charge in [-0.1, -0.05) is 193 Å². The molecule has 2 aliphatic carbocycles. The van der Waals surface area contributed by atoms with E-state index in [-0.39, 0.29) is 23.7 Å². The second-order valence-electron chi connectivity index (χ2n) is 21.4. The fraction of sp³-hybridized carbons (Fsp3) is 0.776. The molecular weight excluding hydrogens is 619 g/mol. The Labute approximate surface area is 323 Å². The summed E-state index contributed by atoms with van der Waals surface area (Å²) in [6, 6.07) is 0. The van der Waals surface area contributed by atoms with Crippen LogP contribution < -0.4 is 0 Å². The van der Waals surface area contributed by atoms with E-state index in [2.05, 4.69) is 175 Å². The van der Waals surface area contributed by atoms with Crippen LogP contribution in [0.4, 0.5) is 0 Å². The van der Waals surface area contributed by atoms with Gasteiger partial charge in [-0.25, -0.2) is 0 Å². The van der Waals surface area contributed by atoms with E-state index in [9.17, 15) is 0 Å². The molecule has 51 heavy (non-hydrogen) atoms. The zero-order valence-electron chi connectivity index (χ0n) is 37.9. The molecule has 0 spiro atoms. The Balaban J connectivity index is -0.000000570. The number of hydrogen-bond acceptors (Lipinski definition) is 2. The number of ether oxygens (including phenoxy) is 1. The third-order valence-corrected chi connectivity index (χ3v) is 10.5. The third-order valence-electron chi connectivity index (χ3n) is 10.5. The van der Waals surface area contributed by atoms with E-state index in [0.717, 1.165) is 30.4 Å². The molecular formula is C49H93NO. The van der Waals surface area contributed by atoms with Gasteiger partial charge < -0.3 is 4.74 Å². The molecule has 2 unspecified atom stereocenters. The monoisotopic (exact) mass is 712 g/mol. The molecule has 2 heteroatoms. The number of allylic oxidation sites excluding steroid dienone is 5. The minimum absolute atomic E-state index is 0. The van der Waals surface area contributed by atoms with Crippen LogP contribution in [0.5, 0.6) is 0 Å². The summed E-state index contributed by atoms with van der Waals surface area (Å²) in [7, 11) is 1.69. The van der Waals surface area contributed by atoms with Crippen LogP contribution in [0.1, 0.15) is 184 Å². The molecule has 300 valence electrons. The third kappa shape index (κ3) is 23.6. The summed E-state index contributed by atoms with van der Waals surface area (Å²) in [6.45, 7) is 58.0. The zero-order chi connectivity index (χ0) is 40.1. The maximum atomic E-state index is 4.93. The van der Waals surface area contributed by atoms with E-state index in [0.29, 0.717) is 22.9 Å². The second kappa shape index (κ2) is 21.9. The van der Waals surface area contributed by atoms with Crippen molar-refractivity contribution in [2.75, 3.05) is 20.3 Å². The molecule has 3 aliphatic rings. The summed E-state index contributed by atoms with van der Waals surface area (Å²) in [5, 5.41) is 0. The number of rotatable bonds is 2. The Bertz CT molecular complexity index is 1150. The van der Waals surface area contributed by atoms with E-state index in [4.69, 9.17) is 4.74 Å².